The Morgan fingerprint density at radius 2 is 1.87 bits per heavy atom. The van der Waals surface area contributed by atoms with Gasteiger partial charge in [-0.2, -0.15) is 4.99 Å². The fourth-order valence-corrected chi connectivity index (χ4v) is 5.69. The van der Waals surface area contributed by atoms with Crippen LogP contribution < -0.4 is 15.0 Å². The molecule has 0 spiro atoms. The van der Waals surface area contributed by atoms with Gasteiger partial charge in [-0.1, -0.05) is 49.9 Å². The Labute approximate surface area is 260 Å². The fraction of sp³-hybridized carbons (Fsp3) is 0.290. The summed E-state index contributed by atoms with van der Waals surface area (Å²) in [5.41, 5.74) is 3.67. The Hall–Kier alpha value is -4.43. The third-order valence-electron chi connectivity index (χ3n) is 6.89. The standard InChI is InChI=1S/C31H30F4N6O3S/c1-19(2)25-16-22(32)9-14-26(25)41-27(42)17-45-30(41)38-29(43)36-15-3-4-20-5-7-21(8-6-20)28-37-18-40(39-28)23-10-12-24(13-11-23)44-31(33,34)35/h5-14,16,18-19,27,42H,3-4,15,17H2,1-2H3,(H,36,43). The van der Waals surface area contributed by atoms with Gasteiger partial charge < -0.3 is 15.2 Å². The number of amides is 2. The highest BCUT2D eigenvalue weighted by Crippen LogP contribution is 2.35. The van der Waals surface area contributed by atoms with Crippen LogP contribution in [-0.4, -0.2) is 56.0 Å². The minimum Gasteiger partial charge on any atom is -0.406 e. The zero-order valence-electron chi connectivity index (χ0n) is 24.3. The summed E-state index contributed by atoms with van der Waals surface area (Å²) in [6, 6.07) is 16.8. The van der Waals surface area contributed by atoms with Gasteiger partial charge in [0.15, 0.2) is 11.0 Å². The van der Waals surface area contributed by atoms with Gasteiger partial charge in [0.2, 0.25) is 0 Å². The summed E-state index contributed by atoms with van der Waals surface area (Å²) in [5.74, 6) is 0.0981. The Bertz CT molecular complexity index is 1660. The first-order valence-corrected chi connectivity index (χ1v) is 15.1. The second kappa shape index (κ2) is 13.7. The second-order valence-corrected chi connectivity index (χ2v) is 11.5. The van der Waals surface area contributed by atoms with Crippen molar-refractivity contribution >= 4 is 28.6 Å². The third kappa shape index (κ3) is 8.19. The van der Waals surface area contributed by atoms with E-state index in [1.165, 1.54) is 59.2 Å². The van der Waals surface area contributed by atoms with Crippen molar-refractivity contribution in [1.29, 1.82) is 0 Å². The molecule has 0 saturated carbocycles. The van der Waals surface area contributed by atoms with Gasteiger partial charge in [0.25, 0.3) is 0 Å². The smallest absolute Gasteiger partial charge is 0.406 e. The van der Waals surface area contributed by atoms with Gasteiger partial charge in [0.05, 0.1) is 5.69 Å². The van der Waals surface area contributed by atoms with Gasteiger partial charge in [-0.05, 0) is 72.4 Å². The molecule has 3 aromatic carbocycles. The number of urea groups is 1. The molecule has 14 heteroatoms. The first kappa shape index (κ1) is 32.0. The number of nitrogens with zero attached hydrogens (tertiary/aromatic N) is 5. The van der Waals surface area contributed by atoms with Crippen LogP contribution in [0.3, 0.4) is 0 Å². The van der Waals surface area contributed by atoms with E-state index < -0.39 is 18.6 Å². The Balaban J connectivity index is 1.13. The van der Waals surface area contributed by atoms with Crippen molar-refractivity contribution < 1.29 is 32.2 Å². The molecule has 1 saturated heterocycles. The topological polar surface area (TPSA) is 105 Å². The maximum atomic E-state index is 13.9. The maximum Gasteiger partial charge on any atom is 0.573 e. The van der Waals surface area contributed by atoms with E-state index in [2.05, 4.69) is 25.1 Å². The summed E-state index contributed by atoms with van der Waals surface area (Å²) in [7, 11) is 0. The number of ether oxygens (including phenoxy) is 1. The quantitative estimate of drug-likeness (QED) is 0.155. The number of carbonyl (C=O) groups is 1. The maximum absolute atomic E-state index is 13.9. The molecule has 45 heavy (non-hydrogen) atoms. The minimum absolute atomic E-state index is 0.00224. The summed E-state index contributed by atoms with van der Waals surface area (Å²) >= 11 is 1.26. The number of anilines is 1. The Morgan fingerprint density at radius 1 is 1.13 bits per heavy atom. The highest BCUT2D eigenvalue weighted by Gasteiger charge is 2.33. The van der Waals surface area contributed by atoms with E-state index in [4.69, 9.17) is 0 Å². The zero-order chi connectivity index (χ0) is 32.1. The average molecular weight is 643 g/mol. The molecule has 2 N–H and O–H groups in total. The highest BCUT2D eigenvalue weighted by atomic mass is 32.2. The SMILES string of the molecule is CC(C)c1cc(F)ccc1N1C(=NC(=O)NCCCc2ccc(-c3ncn(-c4ccc(OC(F)(F)F)cc4)n3)cc2)SCC1O. The fourth-order valence-electron chi connectivity index (χ4n) is 4.73. The molecule has 2 heterocycles. The van der Waals surface area contributed by atoms with Gasteiger partial charge in [0, 0.05) is 23.5 Å². The first-order valence-electron chi connectivity index (χ1n) is 14.1. The molecule has 9 nitrogen and oxygen atoms in total. The van der Waals surface area contributed by atoms with Crippen molar-refractivity contribution in [3.63, 3.8) is 0 Å². The molecule has 4 aromatic rings. The molecule has 1 aliphatic rings. The van der Waals surface area contributed by atoms with Crippen LogP contribution in [0.2, 0.25) is 0 Å². The molecule has 1 aliphatic heterocycles. The zero-order valence-corrected chi connectivity index (χ0v) is 25.1. The molecule has 1 unspecified atom stereocenters. The molecular formula is C31H30F4N6O3S. The lowest BCUT2D eigenvalue weighted by atomic mass is 10.0. The van der Waals surface area contributed by atoms with Crippen LogP contribution in [0.5, 0.6) is 5.75 Å². The van der Waals surface area contributed by atoms with Crippen LogP contribution in [0.4, 0.5) is 28.0 Å². The molecule has 1 atom stereocenters. The largest absolute Gasteiger partial charge is 0.573 e. The van der Waals surface area contributed by atoms with Gasteiger partial charge in [-0.25, -0.2) is 18.9 Å². The third-order valence-corrected chi connectivity index (χ3v) is 7.90. The van der Waals surface area contributed by atoms with Crippen LogP contribution in [0.25, 0.3) is 17.1 Å². The number of amidine groups is 1. The monoisotopic (exact) mass is 642 g/mol. The van der Waals surface area contributed by atoms with Gasteiger partial charge in [0.1, 0.15) is 24.1 Å². The van der Waals surface area contributed by atoms with Crippen molar-refractivity contribution in [3.05, 3.63) is 90.0 Å². The summed E-state index contributed by atoms with van der Waals surface area (Å²) in [6.45, 7) is 4.25. The van der Waals surface area contributed by atoms with E-state index >= 15 is 0 Å². The average Bonchev–Trinajstić information content (AvgIpc) is 3.62. The number of aromatic nitrogens is 3. The molecule has 0 bridgehead atoms. The van der Waals surface area contributed by atoms with Crippen molar-refractivity contribution in [3.8, 4) is 22.8 Å². The van der Waals surface area contributed by atoms with E-state index in [9.17, 15) is 27.5 Å². The first-order chi connectivity index (χ1) is 21.5. The second-order valence-electron chi connectivity index (χ2n) is 10.5. The molecule has 1 fully saturated rings. The van der Waals surface area contributed by atoms with Crippen molar-refractivity contribution in [2.24, 2.45) is 4.99 Å². The number of carbonyl (C=O) groups excluding carboxylic acids is 1. The number of hydrogen-bond acceptors (Lipinski definition) is 6. The predicted octanol–water partition coefficient (Wildman–Crippen LogP) is 6.67. The Kier molecular flexibility index (Phi) is 9.73. The van der Waals surface area contributed by atoms with E-state index in [1.54, 1.807) is 11.0 Å². The van der Waals surface area contributed by atoms with Gasteiger partial charge in [-0.3, -0.25) is 4.90 Å². The number of halogens is 4. The number of aliphatic imine (C=N–C) groups is 1. The number of hydrogen-bond donors (Lipinski definition) is 2. The number of aryl methyl sites for hydroxylation is 1. The summed E-state index contributed by atoms with van der Waals surface area (Å²) < 4.78 is 56.4. The van der Waals surface area contributed by atoms with E-state index in [-0.39, 0.29) is 17.5 Å². The van der Waals surface area contributed by atoms with Crippen LogP contribution in [0, 0.1) is 5.82 Å². The minimum atomic E-state index is -4.76. The van der Waals surface area contributed by atoms with Gasteiger partial charge >= 0.3 is 12.4 Å². The van der Waals surface area contributed by atoms with Crippen molar-refractivity contribution in [2.75, 3.05) is 17.2 Å². The molecule has 2 amide bonds. The number of aliphatic hydroxyl groups is 1. The highest BCUT2D eigenvalue weighted by molar-refractivity contribution is 8.14. The number of nitrogens with one attached hydrogen (secondary N) is 1. The van der Waals surface area contributed by atoms with Crippen LogP contribution in [0.1, 0.15) is 37.3 Å². The molecule has 236 valence electrons. The van der Waals surface area contributed by atoms with Crippen LogP contribution in [0.15, 0.2) is 78.0 Å². The van der Waals surface area contributed by atoms with E-state index in [1.807, 2.05) is 38.1 Å². The number of thioether (sulfide) groups is 1. The lowest BCUT2D eigenvalue weighted by Crippen LogP contribution is -2.35. The molecule has 0 aliphatic carbocycles. The summed E-state index contributed by atoms with van der Waals surface area (Å²) in [6.07, 6.45) is -2.82. The lowest BCUT2D eigenvalue weighted by Gasteiger charge is -2.26. The number of alkyl halides is 3. The van der Waals surface area contributed by atoms with Crippen LogP contribution in [-0.2, 0) is 6.42 Å². The number of benzene rings is 3. The lowest BCUT2D eigenvalue weighted by molar-refractivity contribution is -0.274. The number of rotatable bonds is 9. The van der Waals surface area contributed by atoms with E-state index in [0.29, 0.717) is 53.1 Å². The molecule has 5 rings (SSSR count). The van der Waals surface area contributed by atoms with Crippen molar-refractivity contribution in [1.82, 2.24) is 20.1 Å². The van der Waals surface area contributed by atoms with Crippen LogP contribution >= 0.6 is 11.8 Å². The molecule has 1 aromatic heterocycles. The van der Waals surface area contributed by atoms with E-state index in [0.717, 1.165) is 11.1 Å². The summed E-state index contributed by atoms with van der Waals surface area (Å²) in [4.78, 5) is 22.6. The van der Waals surface area contributed by atoms with Crippen molar-refractivity contribution in [2.45, 2.75) is 45.2 Å². The van der Waals surface area contributed by atoms with Gasteiger partial charge in [-0.15, -0.1) is 18.3 Å². The molecular weight excluding hydrogens is 612 g/mol. The normalized spacial score (nSPS) is 16.0. The number of aliphatic hydroxyl groups excluding tert-OH is 1. The Morgan fingerprint density at radius 3 is 2.56 bits per heavy atom. The molecule has 0 radical (unpaired) electrons. The summed E-state index contributed by atoms with van der Waals surface area (Å²) in [5, 5.41) is 18.1. The predicted molar refractivity (Wildman–Crippen MR) is 164 cm³/mol.